The van der Waals surface area contributed by atoms with Gasteiger partial charge in [0.25, 0.3) is 0 Å². The fourth-order valence-electron chi connectivity index (χ4n) is 5.59. The van der Waals surface area contributed by atoms with Crippen LogP contribution in [0.2, 0.25) is 0 Å². The number of hydrogen-bond acceptors (Lipinski definition) is 7. The van der Waals surface area contributed by atoms with Gasteiger partial charge in [-0.3, -0.25) is 10.1 Å². The fourth-order valence-corrected chi connectivity index (χ4v) is 5.59. The summed E-state index contributed by atoms with van der Waals surface area (Å²) in [6, 6.07) is 5.89. The average Bonchev–Trinajstić information content (AvgIpc) is 2.90. The molecule has 2 heterocycles. The Bertz CT molecular complexity index is 993. The molecule has 2 unspecified atom stereocenters. The van der Waals surface area contributed by atoms with E-state index in [1.807, 2.05) is 25.1 Å². The third kappa shape index (κ3) is 3.66. The van der Waals surface area contributed by atoms with Gasteiger partial charge in [-0.2, -0.15) is 0 Å². The van der Waals surface area contributed by atoms with Crippen LogP contribution in [-0.4, -0.2) is 34.6 Å². The van der Waals surface area contributed by atoms with Gasteiger partial charge in [0, 0.05) is 12.6 Å². The molecule has 4 rings (SSSR count). The highest BCUT2D eigenvalue weighted by Gasteiger charge is 2.51. The van der Waals surface area contributed by atoms with Crippen molar-refractivity contribution in [1.82, 2.24) is 9.97 Å². The Morgan fingerprint density at radius 3 is 2.73 bits per heavy atom. The predicted molar refractivity (Wildman–Crippen MR) is 117 cm³/mol. The van der Waals surface area contributed by atoms with Crippen molar-refractivity contribution in [2.45, 2.75) is 53.0 Å². The van der Waals surface area contributed by atoms with E-state index in [1.54, 1.807) is 7.11 Å². The Kier molecular flexibility index (Phi) is 4.83. The molecule has 1 aliphatic heterocycles. The normalized spacial score (nSPS) is 24.6. The van der Waals surface area contributed by atoms with Gasteiger partial charge < -0.3 is 15.0 Å². The van der Waals surface area contributed by atoms with Gasteiger partial charge in [-0.15, -0.1) is 0 Å². The minimum Gasteiger partial charge on any atom is -0.495 e. The molecule has 2 fully saturated rings. The summed E-state index contributed by atoms with van der Waals surface area (Å²) in [6.07, 6.45) is 4.55. The van der Waals surface area contributed by atoms with E-state index >= 15 is 0 Å². The first-order valence-corrected chi connectivity index (χ1v) is 10.3. The Balaban J connectivity index is 1.75. The predicted octanol–water partition coefficient (Wildman–Crippen LogP) is 4.85. The highest BCUT2D eigenvalue weighted by Crippen LogP contribution is 2.54. The van der Waals surface area contributed by atoms with Crippen LogP contribution in [-0.2, 0) is 0 Å². The number of aromatic nitrogens is 2. The Hall–Kier alpha value is -2.90. The number of rotatable bonds is 5. The third-order valence-electron chi connectivity index (χ3n) is 6.28. The van der Waals surface area contributed by atoms with E-state index in [1.165, 1.54) is 6.33 Å². The largest absolute Gasteiger partial charge is 0.495 e. The number of methoxy groups -OCH3 is 1. The number of ether oxygens (including phenoxy) is 1. The molecule has 2 atom stereocenters. The number of nitrogens with one attached hydrogen (secondary N) is 1. The van der Waals surface area contributed by atoms with Crippen LogP contribution in [0.3, 0.4) is 0 Å². The summed E-state index contributed by atoms with van der Waals surface area (Å²) in [5.41, 5.74) is 1.91. The smallest absolute Gasteiger partial charge is 0.353 e. The lowest BCUT2D eigenvalue weighted by atomic mass is 9.65. The number of hydrogen-bond donors (Lipinski definition) is 1. The lowest BCUT2D eigenvalue weighted by molar-refractivity contribution is -0.383. The zero-order valence-electron chi connectivity index (χ0n) is 18.2. The summed E-state index contributed by atoms with van der Waals surface area (Å²) < 4.78 is 5.41. The number of benzene rings is 1. The molecule has 1 aromatic carbocycles. The van der Waals surface area contributed by atoms with E-state index < -0.39 is 0 Å². The topological polar surface area (TPSA) is 93.4 Å². The van der Waals surface area contributed by atoms with E-state index in [-0.39, 0.29) is 33.3 Å². The van der Waals surface area contributed by atoms with E-state index in [0.717, 1.165) is 31.4 Å². The second-order valence-electron chi connectivity index (χ2n) is 9.82. The quantitative estimate of drug-likeness (QED) is 0.555. The molecule has 30 heavy (non-hydrogen) atoms. The molecule has 0 amide bonds. The number of aryl methyl sites for hydroxylation is 1. The average molecular weight is 412 g/mol. The second-order valence-corrected chi connectivity index (χ2v) is 9.82. The van der Waals surface area contributed by atoms with Crippen LogP contribution < -0.4 is 15.0 Å². The Morgan fingerprint density at radius 1 is 1.27 bits per heavy atom. The van der Waals surface area contributed by atoms with Crippen LogP contribution in [0.1, 0.15) is 45.6 Å². The van der Waals surface area contributed by atoms with Gasteiger partial charge >= 0.3 is 5.69 Å². The second kappa shape index (κ2) is 7.11. The van der Waals surface area contributed by atoms with Gasteiger partial charge in [0.15, 0.2) is 0 Å². The molecule has 160 valence electrons. The summed E-state index contributed by atoms with van der Waals surface area (Å²) in [5.74, 6) is 1.18. The van der Waals surface area contributed by atoms with Crippen LogP contribution in [0.25, 0.3) is 0 Å². The lowest BCUT2D eigenvalue weighted by Gasteiger charge is -2.39. The van der Waals surface area contributed by atoms with Gasteiger partial charge in [-0.1, -0.05) is 26.8 Å². The van der Waals surface area contributed by atoms with Gasteiger partial charge in [-0.05, 0) is 54.7 Å². The SMILES string of the molecule is COc1ccc(C)cc1Nc1ncnc(N2CC3(C)CC2CC(C)(C)C3)c1[N+](=O)[O-]. The maximum atomic E-state index is 12.1. The summed E-state index contributed by atoms with van der Waals surface area (Å²) in [4.78, 5) is 22.5. The van der Waals surface area contributed by atoms with E-state index in [2.05, 4.69) is 41.0 Å². The van der Waals surface area contributed by atoms with E-state index in [9.17, 15) is 10.1 Å². The lowest BCUT2D eigenvalue weighted by Crippen LogP contribution is -2.35. The van der Waals surface area contributed by atoms with Gasteiger partial charge in [0.05, 0.1) is 17.7 Å². The highest BCUT2D eigenvalue weighted by atomic mass is 16.6. The minimum atomic E-state index is -0.379. The summed E-state index contributed by atoms with van der Waals surface area (Å²) in [5, 5.41) is 15.3. The van der Waals surface area contributed by atoms with Crippen LogP contribution in [0.4, 0.5) is 23.0 Å². The molecule has 0 radical (unpaired) electrons. The van der Waals surface area contributed by atoms with Crippen molar-refractivity contribution in [2.75, 3.05) is 23.9 Å². The molecule has 1 N–H and O–H groups in total. The third-order valence-corrected chi connectivity index (χ3v) is 6.28. The molecule has 1 aromatic heterocycles. The molecular weight excluding hydrogens is 382 g/mol. The standard InChI is InChI=1S/C22H29N5O3/c1-14-6-7-17(30-5)16(8-14)25-19-18(27(28)29)20(24-13-23-19)26-12-22(4)10-15(26)9-21(2,3)11-22/h6-8,13,15H,9-12H2,1-5H3,(H,23,24,25). The Morgan fingerprint density at radius 2 is 2.03 bits per heavy atom. The first-order valence-electron chi connectivity index (χ1n) is 10.3. The van der Waals surface area contributed by atoms with Crippen molar-refractivity contribution in [1.29, 1.82) is 0 Å². The van der Waals surface area contributed by atoms with Crippen molar-refractivity contribution in [2.24, 2.45) is 10.8 Å². The van der Waals surface area contributed by atoms with Crippen LogP contribution in [0, 0.1) is 27.9 Å². The Labute approximate surface area is 176 Å². The molecule has 8 nitrogen and oxygen atoms in total. The molecule has 2 aromatic rings. The molecule has 2 bridgehead atoms. The zero-order chi connectivity index (χ0) is 21.7. The summed E-state index contributed by atoms with van der Waals surface area (Å²) in [6.45, 7) is 9.58. The highest BCUT2D eigenvalue weighted by molar-refractivity contribution is 5.77. The van der Waals surface area contributed by atoms with E-state index in [4.69, 9.17) is 4.74 Å². The fraction of sp³-hybridized carbons (Fsp3) is 0.545. The van der Waals surface area contributed by atoms with Gasteiger partial charge in [0.2, 0.25) is 11.6 Å². The zero-order valence-corrected chi connectivity index (χ0v) is 18.2. The summed E-state index contributed by atoms with van der Waals surface area (Å²) in [7, 11) is 1.57. The van der Waals surface area contributed by atoms with Crippen LogP contribution in [0.15, 0.2) is 24.5 Å². The summed E-state index contributed by atoms with van der Waals surface area (Å²) >= 11 is 0. The van der Waals surface area contributed by atoms with Crippen molar-refractivity contribution in [3.05, 3.63) is 40.2 Å². The van der Waals surface area contributed by atoms with Gasteiger partial charge in [0.1, 0.15) is 12.1 Å². The van der Waals surface area contributed by atoms with Gasteiger partial charge in [-0.25, -0.2) is 9.97 Å². The minimum absolute atomic E-state index is 0.0879. The van der Waals surface area contributed by atoms with Crippen molar-refractivity contribution >= 4 is 23.0 Å². The molecule has 1 saturated carbocycles. The molecule has 8 heteroatoms. The molecule has 1 saturated heterocycles. The molecule has 0 spiro atoms. The first kappa shape index (κ1) is 20.4. The molecular formula is C22H29N5O3. The maximum absolute atomic E-state index is 12.1. The first-order chi connectivity index (χ1) is 14.1. The van der Waals surface area contributed by atoms with Crippen LogP contribution >= 0.6 is 0 Å². The number of nitro groups is 1. The molecule has 1 aliphatic carbocycles. The maximum Gasteiger partial charge on any atom is 0.353 e. The number of anilines is 3. The molecule has 2 aliphatic rings. The van der Waals surface area contributed by atoms with Crippen molar-refractivity contribution in [3.63, 3.8) is 0 Å². The van der Waals surface area contributed by atoms with Crippen LogP contribution in [0.5, 0.6) is 5.75 Å². The van der Waals surface area contributed by atoms with E-state index in [0.29, 0.717) is 17.3 Å². The van der Waals surface area contributed by atoms with Crippen molar-refractivity contribution in [3.8, 4) is 5.75 Å². The number of nitrogens with zero attached hydrogens (tertiary/aromatic N) is 4. The number of fused-ring (bicyclic) bond motifs is 2. The van der Waals surface area contributed by atoms with Crippen molar-refractivity contribution < 1.29 is 9.66 Å². The monoisotopic (exact) mass is 411 g/mol.